The quantitative estimate of drug-likeness (QED) is 0.782. The third-order valence-electron chi connectivity index (χ3n) is 4.11. The average Bonchev–Trinajstić information content (AvgIpc) is 3.16. The van der Waals surface area contributed by atoms with E-state index in [1.807, 2.05) is 4.90 Å². The van der Waals surface area contributed by atoms with Gasteiger partial charge in [0.1, 0.15) is 0 Å². The minimum absolute atomic E-state index is 0.105. The van der Waals surface area contributed by atoms with E-state index in [0.717, 1.165) is 30.6 Å². The molecule has 0 aliphatic heterocycles. The molecule has 2 rings (SSSR count). The van der Waals surface area contributed by atoms with Gasteiger partial charge in [0.15, 0.2) is 0 Å². The molecule has 0 radical (unpaired) electrons. The molecule has 1 aliphatic rings. The Balaban J connectivity index is 1.97. The smallest absolute Gasteiger partial charge is 0.318 e. The molecule has 130 valence electrons. The van der Waals surface area contributed by atoms with Crippen LogP contribution in [-0.4, -0.2) is 44.7 Å². The highest BCUT2D eigenvalue weighted by atomic mass is 32.2. The molecule has 1 saturated carbocycles. The molecule has 2 amide bonds. The summed E-state index contributed by atoms with van der Waals surface area (Å²) in [7, 11) is -1.92. The third-order valence-corrected chi connectivity index (χ3v) is 6.46. The molecule has 0 saturated heterocycles. The van der Waals surface area contributed by atoms with Crippen LogP contribution in [0.15, 0.2) is 12.1 Å². The molecule has 0 atom stereocenters. The fourth-order valence-corrected chi connectivity index (χ4v) is 4.28. The number of hydrogen-bond donors (Lipinski definition) is 2. The minimum atomic E-state index is -3.30. The zero-order valence-electron chi connectivity index (χ0n) is 13.7. The second kappa shape index (κ2) is 8.12. The first-order valence-corrected chi connectivity index (χ1v) is 10.4. The predicted octanol–water partition coefficient (Wildman–Crippen LogP) is 2.06. The molecule has 0 aromatic carbocycles. The van der Waals surface area contributed by atoms with Crippen molar-refractivity contribution in [2.45, 2.75) is 45.2 Å². The van der Waals surface area contributed by atoms with Gasteiger partial charge in [-0.25, -0.2) is 17.9 Å². The maximum Gasteiger partial charge on any atom is 0.318 e. The van der Waals surface area contributed by atoms with E-state index in [-0.39, 0.29) is 24.4 Å². The second-order valence-corrected chi connectivity index (χ2v) is 9.25. The van der Waals surface area contributed by atoms with Crippen LogP contribution in [0, 0.1) is 6.92 Å². The van der Waals surface area contributed by atoms with E-state index >= 15 is 0 Å². The number of urea groups is 1. The molecule has 1 aromatic rings. The Morgan fingerprint density at radius 1 is 1.35 bits per heavy atom. The first kappa shape index (κ1) is 18.2. The molecule has 2 N–H and O–H groups in total. The molecule has 6 nitrogen and oxygen atoms in total. The zero-order valence-corrected chi connectivity index (χ0v) is 15.3. The Morgan fingerprint density at radius 2 is 2.04 bits per heavy atom. The van der Waals surface area contributed by atoms with Crippen molar-refractivity contribution in [3.63, 3.8) is 0 Å². The Morgan fingerprint density at radius 3 is 2.61 bits per heavy atom. The van der Waals surface area contributed by atoms with Crippen molar-refractivity contribution in [2.75, 3.05) is 19.3 Å². The number of nitrogens with one attached hydrogen (secondary N) is 2. The van der Waals surface area contributed by atoms with Crippen LogP contribution in [0.5, 0.6) is 0 Å². The van der Waals surface area contributed by atoms with Crippen LogP contribution in [0.1, 0.15) is 35.4 Å². The van der Waals surface area contributed by atoms with Crippen molar-refractivity contribution in [2.24, 2.45) is 0 Å². The van der Waals surface area contributed by atoms with Gasteiger partial charge in [-0.2, -0.15) is 0 Å². The highest BCUT2D eigenvalue weighted by Gasteiger charge is 2.27. The summed E-state index contributed by atoms with van der Waals surface area (Å²) < 4.78 is 25.1. The molecular weight excluding hydrogens is 334 g/mol. The van der Waals surface area contributed by atoms with E-state index < -0.39 is 10.0 Å². The Labute approximate surface area is 142 Å². The highest BCUT2D eigenvalue weighted by molar-refractivity contribution is 7.89. The molecule has 1 fully saturated rings. The average molecular weight is 360 g/mol. The number of hydrogen-bond acceptors (Lipinski definition) is 4. The predicted molar refractivity (Wildman–Crippen MR) is 93.1 cm³/mol. The van der Waals surface area contributed by atoms with Crippen LogP contribution in [-0.2, 0) is 16.6 Å². The number of carbonyl (C=O) groups excluding carboxylic acids is 1. The van der Waals surface area contributed by atoms with Crippen LogP contribution >= 0.6 is 11.3 Å². The van der Waals surface area contributed by atoms with Crippen molar-refractivity contribution < 1.29 is 13.2 Å². The summed E-state index contributed by atoms with van der Waals surface area (Å²) in [5.74, 6) is -0.105. The minimum Gasteiger partial charge on any atom is -0.337 e. The summed E-state index contributed by atoms with van der Waals surface area (Å²) in [5.41, 5.74) is 0. The fourth-order valence-electron chi connectivity index (χ4n) is 2.82. The van der Waals surface area contributed by atoms with Gasteiger partial charge >= 0.3 is 6.03 Å². The summed E-state index contributed by atoms with van der Waals surface area (Å²) in [6, 6.07) is 4.19. The molecule has 0 unspecified atom stereocenters. The monoisotopic (exact) mass is 359 g/mol. The Kier molecular flexibility index (Phi) is 6.43. The molecule has 1 aromatic heterocycles. The molecule has 0 spiro atoms. The van der Waals surface area contributed by atoms with Gasteiger partial charge in [0.25, 0.3) is 0 Å². The summed E-state index contributed by atoms with van der Waals surface area (Å²) in [6.07, 6.45) is 4.33. The first-order chi connectivity index (χ1) is 10.9. The molecule has 23 heavy (non-hydrogen) atoms. The maximum absolute atomic E-state index is 12.5. The van der Waals surface area contributed by atoms with Gasteiger partial charge in [-0.1, -0.05) is 12.8 Å². The van der Waals surface area contributed by atoms with Gasteiger partial charge in [-0.05, 0) is 38.9 Å². The maximum atomic E-state index is 12.5. The van der Waals surface area contributed by atoms with Crippen molar-refractivity contribution in [1.29, 1.82) is 0 Å². The highest BCUT2D eigenvalue weighted by Crippen LogP contribution is 2.26. The van der Waals surface area contributed by atoms with Crippen LogP contribution in [0.4, 0.5) is 4.79 Å². The van der Waals surface area contributed by atoms with Crippen LogP contribution in [0.3, 0.4) is 0 Å². The van der Waals surface area contributed by atoms with E-state index in [0.29, 0.717) is 6.54 Å². The number of thiophene rings is 1. The van der Waals surface area contributed by atoms with Gasteiger partial charge in [-0.15, -0.1) is 11.3 Å². The van der Waals surface area contributed by atoms with E-state index in [9.17, 15) is 13.2 Å². The molecule has 1 aliphatic carbocycles. The first-order valence-electron chi connectivity index (χ1n) is 7.92. The largest absolute Gasteiger partial charge is 0.337 e. The second-order valence-electron chi connectivity index (χ2n) is 5.83. The number of carbonyl (C=O) groups is 1. The van der Waals surface area contributed by atoms with E-state index in [1.54, 1.807) is 11.3 Å². The van der Waals surface area contributed by atoms with E-state index in [1.165, 1.54) is 11.9 Å². The van der Waals surface area contributed by atoms with Gasteiger partial charge in [0.05, 0.1) is 12.3 Å². The number of nitrogens with zero attached hydrogens (tertiary/aromatic N) is 1. The molecule has 1 heterocycles. The summed E-state index contributed by atoms with van der Waals surface area (Å²) >= 11 is 1.70. The van der Waals surface area contributed by atoms with Crippen LogP contribution < -0.4 is 10.0 Å². The van der Waals surface area contributed by atoms with Gasteiger partial charge in [0.2, 0.25) is 10.0 Å². The van der Waals surface area contributed by atoms with Crippen molar-refractivity contribution in [1.82, 2.24) is 14.9 Å². The van der Waals surface area contributed by atoms with Crippen LogP contribution in [0.25, 0.3) is 0 Å². The lowest BCUT2D eigenvalue weighted by atomic mass is 10.2. The summed E-state index contributed by atoms with van der Waals surface area (Å²) in [5, 5.41) is 2.75. The van der Waals surface area contributed by atoms with Crippen LogP contribution in [0.2, 0.25) is 0 Å². The third kappa shape index (κ3) is 5.47. The van der Waals surface area contributed by atoms with Crippen molar-refractivity contribution in [3.05, 3.63) is 21.9 Å². The Hall–Kier alpha value is -1.12. The SMILES string of the molecule is CNS(=O)(=O)CCNC(=O)N(Cc1ccc(C)s1)C1CCCC1. The standard InChI is InChI=1S/C15H25N3O3S2/c1-12-7-8-14(22-12)11-18(13-5-3-4-6-13)15(19)17-9-10-23(20,21)16-2/h7-8,13,16H,3-6,9-11H2,1-2H3,(H,17,19). The van der Waals surface area contributed by atoms with Crippen molar-refractivity contribution >= 4 is 27.4 Å². The van der Waals surface area contributed by atoms with E-state index in [4.69, 9.17) is 0 Å². The fraction of sp³-hybridized carbons (Fsp3) is 0.667. The van der Waals surface area contributed by atoms with Gasteiger partial charge < -0.3 is 10.2 Å². The zero-order chi connectivity index (χ0) is 16.9. The van der Waals surface area contributed by atoms with Gasteiger partial charge in [-0.3, -0.25) is 0 Å². The molecular formula is C15H25N3O3S2. The topological polar surface area (TPSA) is 78.5 Å². The van der Waals surface area contributed by atoms with Gasteiger partial charge in [0, 0.05) is 22.3 Å². The number of aryl methyl sites for hydroxylation is 1. The Bertz CT molecular complexity index is 622. The summed E-state index contributed by atoms with van der Waals surface area (Å²) in [6.45, 7) is 2.76. The number of rotatable bonds is 7. The normalized spacial score (nSPS) is 15.7. The van der Waals surface area contributed by atoms with Crippen molar-refractivity contribution in [3.8, 4) is 0 Å². The lowest BCUT2D eigenvalue weighted by molar-refractivity contribution is 0.172. The number of amides is 2. The summed E-state index contributed by atoms with van der Waals surface area (Å²) in [4.78, 5) is 16.8. The lowest BCUT2D eigenvalue weighted by Gasteiger charge is -2.28. The number of sulfonamides is 1. The molecule has 0 bridgehead atoms. The molecule has 8 heteroatoms. The lowest BCUT2D eigenvalue weighted by Crippen LogP contribution is -2.46. The van der Waals surface area contributed by atoms with E-state index in [2.05, 4.69) is 29.1 Å².